The van der Waals surface area contributed by atoms with Gasteiger partial charge in [0.1, 0.15) is 5.01 Å². The first-order valence-corrected chi connectivity index (χ1v) is 8.79. The van der Waals surface area contributed by atoms with Crippen molar-refractivity contribution < 1.29 is 0 Å². The summed E-state index contributed by atoms with van der Waals surface area (Å²) in [4.78, 5) is 2.52. The first kappa shape index (κ1) is 16.4. The number of hydrogen-bond acceptors (Lipinski definition) is 5. The summed E-state index contributed by atoms with van der Waals surface area (Å²) in [5.41, 5.74) is 1.40. The molecule has 1 aliphatic rings. The number of nitrogens with zero attached hydrogens (tertiary/aromatic N) is 3. The van der Waals surface area contributed by atoms with Crippen LogP contribution >= 0.6 is 11.3 Å². The van der Waals surface area contributed by atoms with E-state index in [1.807, 2.05) is 0 Å². The Morgan fingerprint density at radius 2 is 2.05 bits per heavy atom. The zero-order chi connectivity index (χ0) is 15.2. The van der Waals surface area contributed by atoms with Gasteiger partial charge in [-0.05, 0) is 32.6 Å². The van der Waals surface area contributed by atoms with Crippen molar-refractivity contribution in [3.8, 4) is 0 Å². The summed E-state index contributed by atoms with van der Waals surface area (Å²) in [5, 5.41) is 14.3. The van der Waals surface area contributed by atoms with Crippen molar-refractivity contribution in [2.45, 2.75) is 53.0 Å². The lowest BCUT2D eigenvalue weighted by Gasteiger charge is -2.31. The molecule has 1 N–H and O–H groups in total. The third-order valence-electron chi connectivity index (χ3n) is 3.72. The molecule has 0 unspecified atom stereocenters. The summed E-state index contributed by atoms with van der Waals surface area (Å²) in [6, 6.07) is 0.549. The fourth-order valence-electron chi connectivity index (χ4n) is 2.49. The van der Waals surface area contributed by atoms with Crippen LogP contribution in [0, 0.1) is 5.92 Å². The van der Waals surface area contributed by atoms with Crippen LogP contribution in [0.2, 0.25) is 0 Å². The Hall–Kier alpha value is -0.940. The van der Waals surface area contributed by atoms with Crippen LogP contribution < -0.4 is 5.32 Å². The Morgan fingerprint density at radius 3 is 2.67 bits per heavy atom. The highest BCUT2D eigenvalue weighted by molar-refractivity contribution is 7.15. The topological polar surface area (TPSA) is 41.0 Å². The molecule has 2 rings (SSSR count). The van der Waals surface area contributed by atoms with Gasteiger partial charge >= 0.3 is 0 Å². The second-order valence-electron chi connectivity index (χ2n) is 6.60. The molecule has 2 heterocycles. The largest absolute Gasteiger partial charge is 0.357 e. The molecule has 1 fully saturated rings. The summed E-state index contributed by atoms with van der Waals surface area (Å²) < 4.78 is 0. The van der Waals surface area contributed by atoms with E-state index in [4.69, 9.17) is 0 Å². The second-order valence-corrected chi connectivity index (χ2v) is 7.66. The van der Waals surface area contributed by atoms with Gasteiger partial charge in [-0.1, -0.05) is 36.8 Å². The fraction of sp³-hybridized carbons (Fsp3) is 0.750. The molecule has 0 amide bonds. The molecule has 118 valence electrons. The van der Waals surface area contributed by atoms with Gasteiger partial charge in [-0.15, -0.1) is 10.2 Å². The van der Waals surface area contributed by atoms with E-state index in [0.29, 0.717) is 12.0 Å². The molecule has 0 bridgehead atoms. The zero-order valence-corrected chi connectivity index (χ0v) is 14.5. The lowest BCUT2D eigenvalue weighted by atomic mass is 10.1. The highest BCUT2D eigenvalue weighted by Gasteiger charge is 2.19. The van der Waals surface area contributed by atoms with E-state index in [2.05, 4.69) is 54.2 Å². The number of aromatic nitrogens is 2. The molecule has 5 heteroatoms. The van der Waals surface area contributed by atoms with Gasteiger partial charge in [-0.2, -0.15) is 0 Å². The Balaban J connectivity index is 1.75. The van der Waals surface area contributed by atoms with Crippen molar-refractivity contribution in [3.05, 3.63) is 16.7 Å². The number of rotatable bonds is 6. The van der Waals surface area contributed by atoms with E-state index < -0.39 is 0 Å². The highest BCUT2D eigenvalue weighted by atomic mass is 32.1. The van der Waals surface area contributed by atoms with Crippen molar-refractivity contribution in [1.82, 2.24) is 15.1 Å². The van der Waals surface area contributed by atoms with Crippen molar-refractivity contribution >= 4 is 16.5 Å². The molecule has 1 aromatic heterocycles. The minimum atomic E-state index is 0.549. The third-order valence-corrected chi connectivity index (χ3v) is 4.60. The smallest absolute Gasteiger partial charge is 0.205 e. The molecule has 0 atom stereocenters. The van der Waals surface area contributed by atoms with E-state index in [1.165, 1.54) is 31.5 Å². The fourth-order valence-corrected chi connectivity index (χ4v) is 3.52. The maximum atomic E-state index is 4.28. The first-order chi connectivity index (χ1) is 10.0. The van der Waals surface area contributed by atoms with Gasteiger partial charge in [-0.3, -0.25) is 4.90 Å². The summed E-state index contributed by atoms with van der Waals surface area (Å²) in [6.07, 6.45) is 5.72. The van der Waals surface area contributed by atoms with Gasteiger partial charge in [0.05, 0.1) is 0 Å². The standard InChI is InChI=1S/C16H28N4S/c1-12(2)5-8-20-9-6-14(7-10-20)17-16-19-18-15(21-16)11-13(3)4/h5,13-14H,6-11H2,1-4H3,(H,17,19). The van der Waals surface area contributed by atoms with Crippen LogP contribution in [-0.2, 0) is 6.42 Å². The predicted octanol–water partition coefficient (Wildman–Crippen LogP) is 3.58. The van der Waals surface area contributed by atoms with E-state index in [0.717, 1.165) is 23.1 Å². The monoisotopic (exact) mass is 308 g/mol. The van der Waals surface area contributed by atoms with Crippen LogP contribution in [-0.4, -0.2) is 40.8 Å². The minimum Gasteiger partial charge on any atom is -0.357 e. The molecule has 0 saturated carbocycles. The Morgan fingerprint density at radius 1 is 1.33 bits per heavy atom. The molecule has 1 aromatic rings. The van der Waals surface area contributed by atoms with Gasteiger partial charge in [0.25, 0.3) is 0 Å². The summed E-state index contributed by atoms with van der Waals surface area (Å²) in [6.45, 7) is 12.2. The van der Waals surface area contributed by atoms with Crippen molar-refractivity contribution in [1.29, 1.82) is 0 Å². The van der Waals surface area contributed by atoms with E-state index in [-0.39, 0.29) is 0 Å². The van der Waals surface area contributed by atoms with Gasteiger partial charge in [0, 0.05) is 32.1 Å². The molecule has 4 nitrogen and oxygen atoms in total. The molecule has 0 aromatic carbocycles. The number of nitrogens with one attached hydrogen (secondary N) is 1. The molecule has 0 aliphatic carbocycles. The maximum Gasteiger partial charge on any atom is 0.205 e. The third kappa shape index (κ3) is 5.75. The molecule has 0 spiro atoms. The maximum absolute atomic E-state index is 4.28. The van der Waals surface area contributed by atoms with Crippen LogP contribution in [0.1, 0.15) is 45.5 Å². The lowest BCUT2D eigenvalue weighted by Crippen LogP contribution is -2.39. The minimum absolute atomic E-state index is 0.549. The number of hydrogen-bond donors (Lipinski definition) is 1. The average molecular weight is 308 g/mol. The average Bonchev–Trinajstić information content (AvgIpc) is 2.84. The quantitative estimate of drug-likeness (QED) is 0.816. The number of allylic oxidation sites excluding steroid dienone is 1. The van der Waals surface area contributed by atoms with Gasteiger partial charge in [0.2, 0.25) is 5.13 Å². The molecule has 0 radical (unpaired) electrons. The lowest BCUT2D eigenvalue weighted by molar-refractivity contribution is 0.240. The van der Waals surface area contributed by atoms with Crippen LogP contribution in [0.5, 0.6) is 0 Å². The van der Waals surface area contributed by atoms with Crippen molar-refractivity contribution in [2.75, 3.05) is 25.0 Å². The first-order valence-electron chi connectivity index (χ1n) is 7.97. The van der Waals surface area contributed by atoms with E-state index in [1.54, 1.807) is 11.3 Å². The molecular weight excluding hydrogens is 280 g/mol. The van der Waals surface area contributed by atoms with Crippen LogP contribution in [0.15, 0.2) is 11.6 Å². The number of likely N-dealkylation sites (tertiary alicyclic amines) is 1. The predicted molar refractivity (Wildman–Crippen MR) is 91.0 cm³/mol. The van der Waals surface area contributed by atoms with Gasteiger partial charge < -0.3 is 5.32 Å². The molecule has 21 heavy (non-hydrogen) atoms. The van der Waals surface area contributed by atoms with Crippen LogP contribution in [0.4, 0.5) is 5.13 Å². The van der Waals surface area contributed by atoms with Gasteiger partial charge in [-0.25, -0.2) is 0 Å². The van der Waals surface area contributed by atoms with Crippen molar-refractivity contribution in [2.24, 2.45) is 5.92 Å². The summed E-state index contributed by atoms with van der Waals surface area (Å²) in [5.74, 6) is 0.643. The Labute approximate surface area is 132 Å². The Bertz CT molecular complexity index is 455. The van der Waals surface area contributed by atoms with Gasteiger partial charge in [0.15, 0.2) is 0 Å². The zero-order valence-electron chi connectivity index (χ0n) is 13.7. The summed E-state index contributed by atoms with van der Waals surface area (Å²) >= 11 is 1.71. The van der Waals surface area contributed by atoms with E-state index >= 15 is 0 Å². The van der Waals surface area contributed by atoms with Crippen LogP contribution in [0.25, 0.3) is 0 Å². The molecule has 1 aliphatic heterocycles. The molecule has 1 saturated heterocycles. The molecular formula is C16H28N4S. The van der Waals surface area contributed by atoms with E-state index in [9.17, 15) is 0 Å². The Kier molecular flexibility index (Phi) is 6.18. The number of piperidine rings is 1. The summed E-state index contributed by atoms with van der Waals surface area (Å²) in [7, 11) is 0. The normalized spacial score (nSPS) is 17.2. The van der Waals surface area contributed by atoms with Crippen molar-refractivity contribution in [3.63, 3.8) is 0 Å². The second kappa shape index (κ2) is 7.90. The number of anilines is 1. The highest BCUT2D eigenvalue weighted by Crippen LogP contribution is 2.21. The van der Waals surface area contributed by atoms with Crippen LogP contribution in [0.3, 0.4) is 0 Å². The SMILES string of the molecule is CC(C)=CCN1CCC(Nc2nnc(CC(C)C)s2)CC1.